The van der Waals surface area contributed by atoms with Crippen LogP contribution in [0.2, 0.25) is 5.15 Å². The van der Waals surface area contributed by atoms with E-state index in [0.717, 1.165) is 0 Å². The number of halogens is 1. The number of aryl methyl sites for hydroxylation is 2. The van der Waals surface area contributed by atoms with Gasteiger partial charge >= 0.3 is 5.97 Å². The zero-order chi connectivity index (χ0) is 9.30. The molecule has 4 nitrogen and oxygen atoms in total. The van der Waals surface area contributed by atoms with E-state index in [-0.39, 0.29) is 10.7 Å². The summed E-state index contributed by atoms with van der Waals surface area (Å²) in [6.45, 7) is 3.24. The molecule has 0 radical (unpaired) electrons. The summed E-state index contributed by atoms with van der Waals surface area (Å²) in [5, 5.41) is 8.67. The van der Waals surface area contributed by atoms with Crippen LogP contribution in [0.3, 0.4) is 0 Å². The molecule has 0 saturated carbocycles. The standard InChI is InChI=1S/C7H7ClN2O2/c1-3-5(7(11)12)6(8)10-4(2)9-3/h1-2H3,(H,11,12). The lowest BCUT2D eigenvalue weighted by molar-refractivity contribution is 0.0695. The van der Waals surface area contributed by atoms with Crippen molar-refractivity contribution in [1.29, 1.82) is 0 Å². The molecule has 0 fully saturated rings. The molecule has 0 saturated heterocycles. The molecule has 1 heterocycles. The van der Waals surface area contributed by atoms with Crippen LogP contribution in [-0.2, 0) is 0 Å². The number of carboxylic acids is 1. The van der Waals surface area contributed by atoms with Gasteiger partial charge in [-0.05, 0) is 13.8 Å². The fourth-order valence-electron chi connectivity index (χ4n) is 0.914. The van der Waals surface area contributed by atoms with Gasteiger partial charge in [-0.2, -0.15) is 0 Å². The quantitative estimate of drug-likeness (QED) is 0.675. The Balaban J connectivity index is 3.38. The molecule has 64 valence electrons. The maximum absolute atomic E-state index is 10.6. The largest absolute Gasteiger partial charge is 0.478 e. The Bertz CT molecular complexity index is 315. The summed E-state index contributed by atoms with van der Waals surface area (Å²) in [7, 11) is 0. The first-order chi connectivity index (χ1) is 5.52. The Morgan fingerprint density at radius 2 is 2.00 bits per heavy atom. The lowest BCUT2D eigenvalue weighted by atomic mass is 10.2. The van der Waals surface area contributed by atoms with E-state index in [0.29, 0.717) is 11.5 Å². The molecule has 1 aromatic rings. The maximum Gasteiger partial charge on any atom is 0.340 e. The molecular formula is C7H7ClN2O2. The second kappa shape index (κ2) is 3.06. The molecule has 0 spiro atoms. The van der Waals surface area contributed by atoms with Gasteiger partial charge in [0.25, 0.3) is 0 Å². The number of carbonyl (C=O) groups is 1. The van der Waals surface area contributed by atoms with Gasteiger partial charge < -0.3 is 5.11 Å². The Morgan fingerprint density at radius 1 is 1.42 bits per heavy atom. The fourth-order valence-corrected chi connectivity index (χ4v) is 1.25. The highest BCUT2D eigenvalue weighted by Gasteiger charge is 2.14. The summed E-state index contributed by atoms with van der Waals surface area (Å²) in [6, 6.07) is 0. The molecule has 1 N–H and O–H groups in total. The summed E-state index contributed by atoms with van der Waals surface area (Å²) in [4.78, 5) is 18.2. The van der Waals surface area contributed by atoms with E-state index >= 15 is 0 Å². The first kappa shape index (κ1) is 8.93. The van der Waals surface area contributed by atoms with Crippen molar-refractivity contribution in [1.82, 2.24) is 9.97 Å². The van der Waals surface area contributed by atoms with E-state index in [1.54, 1.807) is 13.8 Å². The van der Waals surface area contributed by atoms with Gasteiger partial charge in [-0.3, -0.25) is 0 Å². The third-order valence-electron chi connectivity index (χ3n) is 1.37. The molecule has 0 aliphatic heterocycles. The van der Waals surface area contributed by atoms with Crippen molar-refractivity contribution in [2.75, 3.05) is 0 Å². The number of carboxylic acid groups (broad SMARTS) is 1. The molecule has 0 aliphatic carbocycles. The molecule has 0 unspecified atom stereocenters. The second-order valence-corrected chi connectivity index (χ2v) is 2.69. The molecule has 1 rings (SSSR count). The Morgan fingerprint density at radius 3 is 2.42 bits per heavy atom. The number of aromatic carboxylic acids is 1. The summed E-state index contributed by atoms with van der Waals surface area (Å²) >= 11 is 5.60. The van der Waals surface area contributed by atoms with E-state index in [4.69, 9.17) is 16.7 Å². The van der Waals surface area contributed by atoms with Crippen LogP contribution in [0.25, 0.3) is 0 Å². The lowest BCUT2D eigenvalue weighted by Gasteiger charge is -2.02. The third kappa shape index (κ3) is 1.53. The van der Waals surface area contributed by atoms with E-state index in [2.05, 4.69) is 9.97 Å². The van der Waals surface area contributed by atoms with Crippen LogP contribution in [0.15, 0.2) is 0 Å². The van der Waals surface area contributed by atoms with Crippen LogP contribution in [-0.4, -0.2) is 21.0 Å². The number of hydrogen-bond donors (Lipinski definition) is 1. The predicted molar refractivity (Wildman–Crippen MR) is 43.5 cm³/mol. The topological polar surface area (TPSA) is 63.1 Å². The SMILES string of the molecule is Cc1nc(C)c(C(=O)O)c(Cl)n1. The first-order valence-corrected chi connectivity index (χ1v) is 3.64. The highest BCUT2D eigenvalue weighted by atomic mass is 35.5. The van der Waals surface area contributed by atoms with E-state index in [1.807, 2.05) is 0 Å². The van der Waals surface area contributed by atoms with Crippen LogP contribution in [0, 0.1) is 13.8 Å². The fraction of sp³-hybridized carbons (Fsp3) is 0.286. The van der Waals surface area contributed by atoms with Gasteiger partial charge in [0.15, 0.2) is 0 Å². The summed E-state index contributed by atoms with van der Waals surface area (Å²) in [5.41, 5.74) is 0.363. The zero-order valence-electron chi connectivity index (χ0n) is 6.63. The summed E-state index contributed by atoms with van der Waals surface area (Å²) < 4.78 is 0. The van der Waals surface area contributed by atoms with Crippen LogP contribution >= 0.6 is 11.6 Å². The average Bonchev–Trinajstić information content (AvgIpc) is 1.82. The molecule has 1 aromatic heterocycles. The second-order valence-electron chi connectivity index (χ2n) is 2.33. The van der Waals surface area contributed by atoms with Gasteiger partial charge in [0, 0.05) is 0 Å². The minimum absolute atomic E-state index is 0.00694. The molecule has 0 amide bonds. The normalized spacial score (nSPS) is 9.92. The average molecular weight is 187 g/mol. The molecule has 5 heteroatoms. The van der Waals surface area contributed by atoms with Gasteiger partial charge in [-0.25, -0.2) is 14.8 Å². The van der Waals surface area contributed by atoms with Crippen molar-refractivity contribution in [3.8, 4) is 0 Å². The molecule has 0 aliphatic rings. The van der Waals surface area contributed by atoms with Gasteiger partial charge in [-0.1, -0.05) is 11.6 Å². The number of aromatic nitrogens is 2. The molecule has 0 atom stereocenters. The van der Waals surface area contributed by atoms with E-state index in [9.17, 15) is 4.79 Å². The minimum Gasteiger partial charge on any atom is -0.478 e. The first-order valence-electron chi connectivity index (χ1n) is 3.26. The summed E-state index contributed by atoms with van der Waals surface area (Å²) in [5.74, 6) is -0.625. The van der Waals surface area contributed by atoms with Crippen LogP contribution in [0.5, 0.6) is 0 Å². The number of hydrogen-bond acceptors (Lipinski definition) is 3. The highest BCUT2D eigenvalue weighted by molar-refractivity contribution is 6.32. The molecule has 0 aromatic carbocycles. The van der Waals surface area contributed by atoms with E-state index < -0.39 is 5.97 Å². The van der Waals surface area contributed by atoms with Crippen LogP contribution in [0.4, 0.5) is 0 Å². The smallest absolute Gasteiger partial charge is 0.340 e. The highest BCUT2D eigenvalue weighted by Crippen LogP contribution is 2.15. The Hall–Kier alpha value is -1.16. The Labute approximate surface area is 74.2 Å². The number of rotatable bonds is 1. The molecule has 12 heavy (non-hydrogen) atoms. The van der Waals surface area contributed by atoms with Crippen molar-refractivity contribution >= 4 is 17.6 Å². The lowest BCUT2D eigenvalue weighted by Crippen LogP contribution is -2.06. The van der Waals surface area contributed by atoms with Crippen molar-refractivity contribution in [2.24, 2.45) is 0 Å². The van der Waals surface area contributed by atoms with Crippen molar-refractivity contribution in [2.45, 2.75) is 13.8 Å². The van der Waals surface area contributed by atoms with Gasteiger partial charge in [0.05, 0.1) is 5.69 Å². The summed E-state index contributed by atoms with van der Waals surface area (Å²) in [6.07, 6.45) is 0. The minimum atomic E-state index is -1.10. The van der Waals surface area contributed by atoms with Gasteiger partial charge in [0.1, 0.15) is 16.5 Å². The monoisotopic (exact) mass is 186 g/mol. The third-order valence-corrected chi connectivity index (χ3v) is 1.64. The molecular weight excluding hydrogens is 180 g/mol. The van der Waals surface area contributed by atoms with E-state index in [1.165, 1.54) is 0 Å². The maximum atomic E-state index is 10.6. The number of nitrogens with zero attached hydrogens (tertiary/aromatic N) is 2. The zero-order valence-corrected chi connectivity index (χ0v) is 7.38. The van der Waals surface area contributed by atoms with Crippen molar-refractivity contribution < 1.29 is 9.90 Å². The van der Waals surface area contributed by atoms with Crippen molar-refractivity contribution in [3.05, 3.63) is 22.2 Å². The molecule has 0 bridgehead atoms. The van der Waals surface area contributed by atoms with Gasteiger partial charge in [0.2, 0.25) is 0 Å². The predicted octanol–water partition coefficient (Wildman–Crippen LogP) is 1.45. The van der Waals surface area contributed by atoms with Crippen molar-refractivity contribution in [3.63, 3.8) is 0 Å². The van der Waals surface area contributed by atoms with Crippen LogP contribution in [0.1, 0.15) is 21.9 Å². The van der Waals surface area contributed by atoms with Crippen LogP contribution < -0.4 is 0 Å². The van der Waals surface area contributed by atoms with Gasteiger partial charge in [-0.15, -0.1) is 0 Å². The Kier molecular flexibility index (Phi) is 2.28.